The third kappa shape index (κ3) is 2.16. The Morgan fingerprint density at radius 2 is 1.75 bits per heavy atom. The van der Waals surface area contributed by atoms with Crippen molar-refractivity contribution in [3.05, 3.63) is 45.1 Å². The molecule has 0 saturated heterocycles. The van der Waals surface area contributed by atoms with E-state index in [2.05, 4.69) is 10.3 Å². The maximum absolute atomic E-state index is 12.5. The predicted molar refractivity (Wildman–Crippen MR) is 69.9 cm³/mol. The van der Waals surface area contributed by atoms with Gasteiger partial charge in [-0.05, 0) is 36.8 Å². The van der Waals surface area contributed by atoms with Gasteiger partial charge in [0.25, 0.3) is 0 Å². The second kappa shape index (κ2) is 4.67. The summed E-state index contributed by atoms with van der Waals surface area (Å²) in [6, 6.07) is 3.39. The number of hydrogen-bond donors (Lipinski definition) is 0. The second-order valence-electron chi connectivity index (χ2n) is 4.43. The molecule has 106 valence electrons. The summed E-state index contributed by atoms with van der Waals surface area (Å²) < 4.78 is 25.4. The monoisotopic (exact) mass is 296 g/mol. The van der Waals surface area contributed by atoms with E-state index >= 15 is 0 Å². The minimum Gasteiger partial charge on any atom is -0.358 e. The van der Waals surface area contributed by atoms with Gasteiger partial charge in [0.2, 0.25) is 0 Å². The highest BCUT2D eigenvalue weighted by atomic mass is 32.2. The van der Waals surface area contributed by atoms with Crippen molar-refractivity contribution in [2.24, 2.45) is 0 Å². The minimum absolute atomic E-state index is 0.0108. The van der Waals surface area contributed by atoms with Gasteiger partial charge < -0.3 is 10.1 Å². The molecule has 2 rings (SSSR count). The third-order valence-corrected chi connectivity index (χ3v) is 4.65. The van der Waals surface area contributed by atoms with E-state index < -0.39 is 20.8 Å². The van der Waals surface area contributed by atoms with Gasteiger partial charge in [-0.2, -0.15) is 8.42 Å². The number of rotatable bonds is 3. The molecule has 0 amide bonds. The molecule has 1 aromatic heterocycles. The predicted octanol–water partition coefficient (Wildman–Crippen LogP) is 1.35. The lowest BCUT2D eigenvalue weighted by Gasteiger charge is -2.09. The Hall–Kier alpha value is -2.29. The molecule has 0 saturated carbocycles. The van der Waals surface area contributed by atoms with Crippen LogP contribution >= 0.6 is 0 Å². The average Bonchev–Trinajstić information content (AvgIpc) is 2.75. The van der Waals surface area contributed by atoms with Gasteiger partial charge in [0.05, 0.1) is 0 Å². The number of nitro groups is 1. The van der Waals surface area contributed by atoms with Crippen LogP contribution in [0, 0.1) is 30.9 Å². The smallest absolute Gasteiger partial charge is 0.358 e. The Bertz CT molecular complexity index is 771. The molecular weight excluding hydrogens is 284 g/mol. The third-order valence-electron chi connectivity index (χ3n) is 2.78. The van der Waals surface area contributed by atoms with Crippen LogP contribution in [0.3, 0.4) is 0 Å². The highest BCUT2D eigenvalue weighted by Crippen LogP contribution is 2.25. The van der Waals surface area contributed by atoms with Crippen LogP contribution in [0.1, 0.15) is 16.7 Å². The SMILES string of the molecule is Cc1cc(C)c(S(=O)(=O)n2nncc2[N+](=O)[O-])c(C)c1. The molecule has 0 aliphatic heterocycles. The second-order valence-corrected chi connectivity index (χ2v) is 6.13. The van der Waals surface area contributed by atoms with Crippen LogP contribution in [-0.4, -0.2) is 27.7 Å². The summed E-state index contributed by atoms with van der Waals surface area (Å²) in [5.74, 6) is -0.690. The molecule has 0 radical (unpaired) electrons. The van der Waals surface area contributed by atoms with E-state index in [1.807, 2.05) is 6.92 Å². The van der Waals surface area contributed by atoms with Gasteiger partial charge in [-0.15, -0.1) is 5.10 Å². The quantitative estimate of drug-likeness (QED) is 0.624. The molecule has 0 aliphatic rings. The fraction of sp³-hybridized carbons (Fsp3) is 0.273. The molecule has 20 heavy (non-hydrogen) atoms. The fourth-order valence-electron chi connectivity index (χ4n) is 2.17. The zero-order valence-electron chi connectivity index (χ0n) is 11.1. The van der Waals surface area contributed by atoms with Gasteiger partial charge in [0, 0.05) is 9.30 Å². The van der Waals surface area contributed by atoms with Crippen molar-refractivity contribution in [1.29, 1.82) is 0 Å². The van der Waals surface area contributed by atoms with Gasteiger partial charge in [-0.1, -0.05) is 17.7 Å². The molecule has 0 N–H and O–H groups in total. The maximum Gasteiger partial charge on any atom is 0.381 e. The summed E-state index contributed by atoms with van der Waals surface area (Å²) in [6.45, 7) is 5.11. The largest absolute Gasteiger partial charge is 0.381 e. The van der Waals surface area contributed by atoms with Crippen molar-refractivity contribution in [2.45, 2.75) is 25.7 Å². The molecule has 0 atom stereocenters. The van der Waals surface area contributed by atoms with E-state index in [-0.39, 0.29) is 4.90 Å². The first-order chi connectivity index (χ1) is 9.25. The molecule has 9 heteroatoms. The van der Waals surface area contributed by atoms with E-state index in [0.29, 0.717) is 15.2 Å². The molecule has 0 unspecified atom stereocenters. The number of aryl methyl sites for hydroxylation is 3. The van der Waals surface area contributed by atoms with Crippen LogP contribution in [0.15, 0.2) is 23.2 Å². The lowest BCUT2D eigenvalue weighted by Crippen LogP contribution is -2.19. The molecule has 0 spiro atoms. The van der Waals surface area contributed by atoms with Crippen molar-refractivity contribution in [2.75, 3.05) is 0 Å². The first-order valence-electron chi connectivity index (χ1n) is 5.63. The first-order valence-corrected chi connectivity index (χ1v) is 7.07. The topological polar surface area (TPSA) is 108 Å². The van der Waals surface area contributed by atoms with Crippen molar-refractivity contribution in [3.8, 4) is 0 Å². The maximum atomic E-state index is 12.5. The highest BCUT2D eigenvalue weighted by molar-refractivity contribution is 7.90. The van der Waals surface area contributed by atoms with E-state index in [1.54, 1.807) is 26.0 Å². The van der Waals surface area contributed by atoms with Crippen molar-refractivity contribution in [1.82, 2.24) is 14.4 Å². The number of nitrogens with zero attached hydrogens (tertiary/aromatic N) is 4. The van der Waals surface area contributed by atoms with E-state index in [0.717, 1.165) is 11.8 Å². The van der Waals surface area contributed by atoms with Gasteiger partial charge in [0.15, 0.2) is 6.20 Å². The zero-order chi connectivity index (χ0) is 15.1. The Balaban J connectivity index is 2.74. The molecule has 2 aromatic rings. The molecule has 0 bridgehead atoms. The molecule has 1 heterocycles. The minimum atomic E-state index is -4.15. The van der Waals surface area contributed by atoms with Crippen LogP contribution in [0.2, 0.25) is 0 Å². The average molecular weight is 296 g/mol. The van der Waals surface area contributed by atoms with Gasteiger partial charge in [0.1, 0.15) is 4.90 Å². The highest BCUT2D eigenvalue weighted by Gasteiger charge is 2.33. The summed E-state index contributed by atoms with van der Waals surface area (Å²) in [5, 5.41) is 17.5. The van der Waals surface area contributed by atoms with Crippen LogP contribution in [0.25, 0.3) is 0 Å². The first kappa shape index (κ1) is 14.1. The number of benzene rings is 1. The lowest BCUT2D eigenvalue weighted by molar-refractivity contribution is -0.390. The fourth-order valence-corrected chi connectivity index (χ4v) is 3.77. The summed E-state index contributed by atoms with van der Waals surface area (Å²) in [7, 11) is -4.15. The van der Waals surface area contributed by atoms with Crippen LogP contribution in [-0.2, 0) is 10.0 Å². The van der Waals surface area contributed by atoms with E-state index in [1.165, 1.54) is 0 Å². The van der Waals surface area contributed by atoms with Gasteiger partial charge in [-0.3, -0.25) is 0 Å². The zero-order valence-corrected chi connectivity index (χ0v) is 11.9. The number of hydrogen-bond acceptors (Lipinski definition) is 6. The van der Waals surface area contributed by atoms with Gasteiger partial charge in [-0.25, -0.2) is 0 Å². The number of aromatic nitrogens is 3. The molecular formula is C11H12N4O4S. The summed E-state index contributed by atoms with van der Waals surface area (Å²) in [5.41, 5.74) is 1.92. The Morgan fingerprint density at radius 1 is 1.20 bits per heavy atom. The lowest BCUT2D eigenvalue weighted by atomic mass is 10.1. The van der Waals surface area contributed by atoms with Crippen molar-refractivity contribution in [3.63, 3.8) is 0 Å². The summed E-state index contributed by atoms with van der Waals surface area (Å²) >= 11 is 0. The summed E-state index contributed by atoms with van der Waals surface area (Å²) in [6.07, 6.45) is 0.802. The summed E-state index contributed by atoms with van der Waals surface area (Å²) in [4.78, 5) is 10.00. The van der Waals surface area contributed by atoms with Crippen LogP contribution < -0.4 is 0 Å². The molecule has 0 fully saturated rings. The van der Waals surface area contributed by atoms with Crippen molar-refractivity contribution >= 4 is 15.8 Å². The van der Waals surface area contributed by atoms with Gasteiger partial charge >= 0.3 is 15.8 Å². The molecule has 8 nitrogen and oxygen atoms in total. The standard InChI is InChI=1S/C11H12N4O4S/c1-7-4-8(2)11(9(3)5-7)20(18,19)14-10(15(16)17)6-12-13-14/h4-6H,1-3H3. The normalized spacial score (nSPS) is 11.6. The van der Waals surface area contributed by atoms with E-state index in [4.69, 9.17) is 0 Å². The Labute approximate surface area is 115 Å². The van der Waals surface area contributed by atoms with Crippen molar-refractivity contribution < 1.29 is 13.3 Å². The van der Waals surface area contributed by atoms with Crippen LogP contribution in [0.5, 0.6) is 0 Å². The Morgan fingerprint density at radius 3 is 2.25 bits per heavy atom. The van der Waals surface area contributed by atoms with E-state index in [9.17, 15) is 18.5 Å². The molecule has 0 aliphatic carbocycles. The Kier molecular flexibility index (Phi) is 3.30. The van der Waals surface area contributed by atoms with Crippen LogP contribution in [0.4, 0.5) is 5.82 Å². The molecule has 1 aromatic carbocycles.